The number of benzene rings is 3. The summed E-state index contributed by atoms with van der Waals surface area (Å²) in [5, 5.41) is 5.82. The van der Waals surface area contributed by atoms with E-state index in [1.165, 1.54) is 11.8 Å². The summed E-state index contributed by atoms with van der Waals surface area (Å²) in [6, 6.07) is 20.4. The molecule has 2 N–H and O–H groups in total. The fourth-order valence-corrected chi connectivity index (χ4v) is 3.81. The van der Waals surface area contributed by atoms with Crippen LogP contribution >= 0.6 is 11.8 Å². The maximum absolute atomic E-state index is 12.8. The summed E-state index contributed by atoms with van der Waals surface area (Å²) in [5.41, 5.74) is 4.13. The molecule has 30 heavy (non-hydrogen) atoms. The number of ether oxygens (including phenoxy) is 1. The standard InChI is InChI=1S/C24H24N2O3S/c1-16-11-12-21(17(2)13-16)26-24(28)20-9-4-5-10-22(20)30-15-23(27)25-18-7-6-8-19(14-18)29-3/h4-14H,15H2,1-3H3,(H,25,27)(H,26,28). The molecule has 154 valence electrons. The number of aryl methyl sites for hydroxylation is 2. The zero-order chi connectivity index (χ0) is 21.5. The molecule has 2 amide bonds. The average molecular weight is 421 g/mol. The van der Waals surface area contributed by atoms with Crippen molar-refractivity contribution >= 4 is 35.0 Å². The van der Waals surface area contributed by atoms with Crippen LogP contribution in [0.25, 0.3) is 0 Å². The Bertz CT molecular complexity index is 1070. The highest BCUT2D eigenvalue weighted by Gasteiger charge is 2.14. The number of carbonyl (C=O) groups excluding carboxylic acids is 2. The van der Waals surface area contributed by atoms with Gasteiger partial charge in [-0.15, -0.1) is 11.8 Å². The third-order valence-corrected chi connectivity index (χ3v) is 5.55. The van der Waals surface area contributed by atoms with Crippen molar-refractivity contribution in [2.24, 2.45) is 0 Å². The van der Waals surface area contributed by atoms with Crippen LogP contribution in [0.15, 0.2) is 71.6 Å². The summed E-state index contributed by atoms with van der Waals surface area (Å²) in [6.07, 6.45) is 0. The summed E-state index contributed by atoms with van der Waals surface area (Å²) >= 11 is 1.33. The zero-order valence-corrected chi connectivity index (χ0v) is 18.0. The largest absolute Gasteiger partial charge is 0.497 e. The van der Waals surface area contributed by atoms with Gasteiger partial charge in [-0.25, -0.2) is 0 Å². The predicted octanol–water partition coefficient (Wildman–Crippen LogP) is 5.30. The smallest absolute Gasteiger partial charge is 0.256 e. The highest BCUT2D eigenvalue weighted by molar-refractivity contribution is 8.00. The first-order chi connectivity index (χ1) is 14.5. The summed E-state index contributed by atoms with van der Waals surface area (Å²) in [7, 11) is 1.58. The summed E-state index contributed by atoms with van der Waals surface area (Å²) < 4.78 is 5.17. The second kappa shape index (κ2) is 9.98. The molecular weight excluding hydrogens is 396 g/mol. The minimum absolute atomic E-state index is 0.155. The Hall–Kier alpha value is -3.25. The van der Waals surface area contributed by atoms with Crippen LogP contribution < -0.4 is 15.4 Å². The van der Waals surface area contributed by atoms with Crippen molar-refractivity contribution in [3.05, 3.63) is 83.4 Å². The molecule has 0 aliphatic rings. The second-order valence-corrected chi connectivity index (χ2v) is 7.85. The van der Waals surface area contributed by atoms with Crippen LogP contribution in [0.3, 0.4) is 0 Å². The lowest BCUT2D eigenvalue weighted by molar-refractivity contribution is -0.113. The molecule has 0 fully saturated rings. The normalized spacial score (nSPS) is 10.4. The van der Waals surface area contributed by atoms with Crippen LogP contribution in [0.4, 0.5) is 11.4 Å². The maximum Gasteiger partial charge on any atom is 0.256 e. The van der Waals surface area contributed by atoms with Gasteiger partial charge in [-0.3, -0.25) is 9.59 Å². The SMILES string of the molecule is COc1cccc(NC(=O)CSc2ccccc2C(=O)Nc2ccc(C)cc2C)c1. The molecule has 0 aromatic heterocycles. The van der Waals surface area contributed by atoms with Gasteiger partial charge in [0.15, 0.2) is 0 Å². The van der Waals surface area contributed by atoms with Crippen LogP contribution in [-0.2, 0) is 4.79 Å². The zero-order valence-electron chi connectivity index (χ0n) is 17.2. The number of nitrogens with one attached hydrogen (secondary N) is 2. The molecule has 0 atom stereocenters. The van der Waals surface area contributed by atoms with Crippen molar-refractivity contribution in [3.63, 3.8) is 0 Å². The highest BCUT2D eigenvalue weighted by Crippen LogP contribution is 2.25. The van der Waals surface area contributed by atoms with Crippen LogP contribution in [0.2, 0.25) is 0 Å². The number of methoxy groups -OCH3 is 1. The van der Waals surface area contributed by atoms with Crippen molar-refractivity contribution in [3.8, 4) is 5.75 Å². The molecule has 3 aromatic rings. The first-order valence-corrected chi connectivity index (χ1v) is 10.5. The fraction of sp³-hybridized carbons (Fsp3) is 0.167. The summed E-state index contributed by atoms with van der Waals surface area (Å²) in [6.45, 7) is 3.98. The van der Waals surface area contributed by atoms with Crippen molar-refractivity contribution in [1.29, 1.82) is 0 Å². The van der Waals surface area contributed by atoms with E-state index in [-0.39, 0.29) is 17.6 Å². The van der Waals surface area contributed by atoms with Crippen molar-refractivity contribution in [1.82, 2.24) is 0 Å². The van der Waals surface area contributed by atoms with Crippen LogP contribution in [0.1, 0.15) is 21.5 Å². The van der Waals surface area contributed by atoms with Crippen LogP contribution in [-0.4, -0.2) is 24.7 Å². The molecule has 0 unspecified atom stereocenters. The minimum atomic E-state index is -0.196. The molecule has 6 heteroatoms. The monoisotopic (exact) mass is 420 g/mol. The van der Waals surface area contributed by atoms with E-state index in [4.69, 9.17) is 4.74 Å². The van der Waals surface area contributed by atoms with Crippen LogP contribution in [0, 0.1) is 13.8 Å². The fourth-order valence-electron chi connectivity index (χ4n) is 2.96. The number of carbonyl (C=O) groups is 2. The average Bonchev–Trinajstić information content (AvgIpc) is 2.74. The molecule has 0 bridgehead atoms. The van der Waals surface area contributed by atoms with E-state index in [0.717, 1.165) is 21.7 Å². The first-order valence-electron chi connectivity index (χ1n) is 9.50. The van der Waals surface area contributed by atoms with Gasteiger partial charge in [0.05, 0.1) is 18.4 Å². The van der Waals surface area contributed by atoms with E-state index in [2.05, 4.69) is 10.6 Å². The van der Waals surface area contributed by atoms with E-state index in [1.54, 1.807) is 25.3 Å². The maximum atomic E-state index is 12.8. The molecule has 0 aliphatic heterocycles. The Morgan fingerprint density at radius 1 is 0.933 bits per heavy atom. The van der Waals surface area contributed by atoms with Gasteiger partial charge in [0.25, 0.3) is 5.91 Å². The molecule has 3 rings (SSSR count). The van der Waals surface area contributed by atoms with E-state index in [9.17, 15) is 9.59 Å². The lowest BCUT2D eigenvalue weighted by Crippen LogP contribution is -2.16. The van der Waals surface area contributed by atoms with Gasteiger partial charge in [0, 0.05) is 22.3 Å². The van der Waals surface area contributed by atoms with Gasteiger partial charge >= 0.3 is 0 Å². The quantitative estimate of drug-likeness (QED) is 0.509. The summed E-state index contributed by atoms with van der Waals surface area (Å²) in [4.78, 5) is 26.0. The molecule has 0 aliphatic carbocycles. The van der Waals surface area contributed by atoms with Gasteiger partial charge in [-0.2, -0.15) is 0 Å². The van der Waals surface area contributed by atoms with E-state index >= 15 is 0 Å². The molecule has 0 saturated carbocycles. The van der Waals surface area contributed by atoms with Crippen molar-refractivity contribution in [2.75, 3.05) is 23.5 Å². The Balaban J connectivity index is 1.65. The van der Waals surface area contributed by atoms with Crippen molar-refractivity contribution in [2.45, 2.75) is 18.7 Å². The number of anilines is 2. The van der Waals surface area contributed by atoms with E-state index < -0.39 is 0 Å². The Labute approximate surface area is 180 Å². The van der Waals surface area contributed by atoms with Gasteiger partial charge in [-0.1, -0.05) is 35.9 Å². The van der Waals surface area contributed by atoms with Crippen LogP contribution in [0.5, 0.6) is 5.75 Å². The topological polar surface area (TPSA) is 67.4 Å². The number of hydrogen-bond acceptors (Lipinski definition) is 4. The second-order valence-electron chi connectivity index (χ2n) is 6.84. The Morgan fingerprint density at radius 3 is 2.50 bits per heavy atom. The molecular formula is C24H24N2O3S. The number of rotatable bonds is 7. The minimum Gasteiger partial charge on any atom is -0.497 e. The molecule has 0 saturated heterocycles. The lowest BCUT2D eigenvalue weighted by Gasteiger charge is -2.12. The van der Waals surface area contributed by atoms with E-state index in [1.807, 2.05) is 62.4 Å². The third-order valence-electron chi connectivity index (χ3n) is 4.47. The molecule has 3 aromatic carbocycles. The number of thioether (sulfide) groups is 1. The molecule has 5 nitrogen and oxygen atoms in total. The summed E-state index contributed by atoms with van der Waals surface area (Å²) in [5.74, 6) is 0.510. The van der Waals surface area contributed by atoms with Gasteiger partial charge in [0.2, 0.25) is 5.91 Å². The third kappa shape index (κ3) is 5.64. The first kappa shape index (κ1) is 21.5. The Kier molecular flexibility index (Phi) is 7.14. The molecule has 0 radical (unpaired) electrons. The number of hydrogen-bond donors (Lipinski definition) is 2. The lowest BCUT2D eigenvalue weighted by atomic mass is 10.1. The number of amides is 2. The van der Waals surface area contributed by atoms with E-state index in [0.29, 0.717) is 17.0 Å². The van der Waals surface area contributed by atoms with Gasteiger partial charge < -0.3 is 15.4 Å². The Morgan fingerprint density at radius 2 is 1.73 bits per heavy atom. The predicted molar refractivity (Wildman–Crippen MR) is 123 cm³/mol. The molecule has 0 spiro atoms. The molecule has 0 heterocycles. The van der Waals surface area contributed by atoms with Crippen molar-refractivity contribution < 1.29 is 14.3 Å². The van der Waals surface area contributed by atoms with Gasteiger partial charge in [0.1, 0.15) is 5.75 Å². The highest BCUT2D eigenvalue weighted by atomic mass is 32.2. The van der Waals surface area contributed by atoms with Gasteiger partial charge in [-0.05, 0) is 49.7 Å².